The third-order valence-electron chi connectivity index (χ3n) is 4.31. The lowest BCUT2D eigenvalue weighted by Gasteiger charge is -2.34. The summed E-state index contributed by atoms with van der Waals surface area (Å²) >= 11 is 0. The van der Waals surface area contributed by atoms with Gasteiger partial charge in [-0.25, -0.2) is 0 Å². The Balaban J connectivity index is 2.38. The molecule has 1 N–H and O–H groups in total. The molecule has 18 heavy (non-hydrogen) atoms. The summed E-state index contributed by atoms with van der Waals surface area (Å²) in [6.45, 7) is 9.34. The van der Waals surface area contributed by atoms with E-state index in [0.29, 0.717) is 5.41 Å². The Morgan fingerprint density at radius 3 is 2.67 bits per heavy atom. The van der Waals surface area contributed by atoms with Gasteiger partial charge < -0.3 is 5.11 Å². The lowest BCUT2D eigenvalue weighted by molar-refractivity contribution is 0.330. The molecule has 1 aliphatic carbocycles. The minimum Gasteiger partial charge on any atom is -0.392 e. The maximum Gasteiger partial charge on any atom is 0.0639 e. The monoisotopic (exact) mass is 250 g/mol. The maximum absolute atomic E-state index is 8.92. The molecule has 0 atom stereocenters. The number of allylic oxidation sites excluding steroid dienone is 3. The summed E-state index contributed by atoms with van der Waals surface area (Å²) in [5, 5.41) is 8.92. The van der Waals surface area contributed by atoms with E-state index in [2.05, 4.69) is 26.8 Å². The number of hydrogen-bond acceptors (Lipinski definition) is 1. The molecule has 0 saturated heterocycles. The summed E-state index contributed by atoms with van der Waals surface area (Å²) in [7, 11) is 0. The highest BCUT2D eigenvalue weighted by molar-refractivity contribution is 5.22. The van der Waals surface area contributed by atoms with E-state index in [1.807, 2.05) is 6.92 Å². The molecular weight excluding hydrogens is 220 g/mol. The summed E-state index contributed by atoms with van der Waals surface area (Å²) < 4.78 is 0. The third-order valence-corrected chi connectivity index (χ3v) is 4.31. The minimum absolute atomic E-state index is 0.206. The van der Waals surface area contributed by atoms with Gasteiger partial charge in [0.1, 0.15) is 0 Å². The maximum atomic E-state index is 8.92. The van der Waals surface area contributed by atoms with Crippen LogP contribution in [0.1, 0.15) is 72.6 Å². The fourth-order valence-corrected chi connectivity index (χ4v) is 3.09. The van der Waals surface area contributed by atoms with E-state index in [0.717, 1.165) is 12.0 Å². The molecule has 0 aromatic rings. The van der Waals surface area contributed by atoms with E-state index < -0.39 is 0 Å². The topological polar surface area (TPSA) is 20.2 Å². The standard InChI is InChI=1S/C17H30O/c1-14(13-18)9-6-5-7-11-16-15(2)10-8-12-17(16,3)4/h9,18H,5-8,10-13H2,1-4H3. The van der Waals surface area contributed by atoms with E-state index in [9.17, 15) is 0 Å². The molecule has 0 unspecified atom stereocenters. The molecule has 0 aliphatic heterocycles. The zero-order chi connectivity index (χ0) is 13.6. The Labute approximate surface area is 113 Å². The molecule has 0 radical (unpaired) electrons. The van der Waals surface area contributed by atoms with E-state index in [-0.39, 0.29) is 6.61 Å². The fourth-order valence-electron chi connectivity index (χ4n) is 3.09. The molecule has 0 spiro atoms. The average Bonchev–Trinajstić information content (AvgIpc) is 2.31. The Morgan fingerprint density at radius 1 is 1.33 bits per heavy atom. The smallest absolute Gasteiger partial charge is 0.0639 e. The van der Waals surface area contributed by atoms with Crippen LogP contribution in [-0.2, 0) is 0 Å². The van der Waals surface area contributed by atoms with Gasteiger partial charge in [-0.2, -0.15) is 0 Å². The molecule has 1 aliphatic rings. The van der Waals surface area contributed by atoms with Gasteiger partial charge >= 0.3 is 0 Å². The van der Waals surface area contributed by atoms with Gasteiger partial charge in [0.15, 0.2) is 0 Å². The third kappa shape index (κ3) is 4.61. The predicted molar refractivity (Wildman–Crippen MR) is 79.6 cm³/mol. The van der Waals surface area contributed by atoms with Gasteiger partial charge in [0, 0.05) is 0 Å². The Morgan fingerprint density at radius 2 is 2.06 bits per heavy atom. The van der Waals surface area contributed by atoms with Crippen LogP contribution in [0.5, 0.6) is 0 Å². The highest BCUT2D eigenvalue weighted by Crippen LogP contribution is 2.42. The van der Waals surface area contributed by atoms with Crippen molar-refractivity contribution in [3.05, 3.63) is 22.8 Å². The van der Waals surface area contributed by atoms with Crippen LogP contribution in [0.15, 0.2) is 22.8 Å². The van der Waals surface area contributed by atoms with Crippen LogP contribution >= 0.6 is 0 Å². The molecule has 1 nitrogen and oxygen atoms in total. The summed E-state index contributed by atoms with van der Waals surface area (Å²) in [6, 6.07) is 0. The van der Waals surface area contributed by atoms with Crippen molar-refractivity contribution < 1.29 is 5.11 Å². The fraction of sp³-hybridized carbons (Fsp3) is 0.765. The molecule has 104 valence electrons. The molecule has 0 aromatic heterocycles. The summed E-state index contributed by atoms with van der Waals surface area (Å²) in [5.41, 5.74) is 4.90. The van der Waals surface area contributed by atoms with Crippen LogP contribution < -0.4 is 0 Å². The Bertz CT molecular complexity index is 321. The van der Waals surface area contributed by atoms with Crippen molar-refractivity contribution in [3.63, 3.8) is 0 Å². The second-order valence-corrected chi connectivity index (χ2v) is 6.45. The average molecular weight is 250 g/mol. The summed E-state index contributed by atoms with van der Waals surface area (Å²) in [4.78, 5) is 0. The number of rotatable bonds is 6. The number of aliphatic hydroxyl groups excluding tert-OH is 1. The first-order valence-corrected chi connectivity index (χ1v) is 7.43. The minimum atomic E-state index is 0.206. The van der Waals surface area contributed by atoms with Crippen LogP contribution in [-0.4, -0.2) is 11.7 Å². The largest absolute Gasteiger partial charge is 0.392 e. The van der Waals surface area contributed by atoms with E-state index in [1.54, 1.807) is 11.1 Å². The van der Waals surface area contributed by atoms with Crippen molar-refractivity contribution in [2.45, 2.75) is 72.6 Å². The van der Waals surface area contributed by atoms with E-state index in [1.165, 1.54) is 38.5 Å². The highest BCUT2D eigenvalue weighted by Gasteiger charge is 2.27. The van der Waals surface area contributed by atoms with Crippen LogP contribution in [0, 0.1) is 5.41 Å². The Hall–Kier alpha value is -0.560. The van der Waals surface area contributed by atoms with Crippen LogP contribution in [0.25, 0.3) is 0 Å². The SMILES string of the molecule is CC(=CCCCCC1=C(C)CCCC1(C)C)CO. The molecule has 0 bridgehead atoms. The van der Waals surface area contributed by atoms with Crippen LogP contribution in [0.4, 0.5) is 0 Å². The van der Waals surface area contributed by atoms with E-state index in [4.69, 9.17) is 5.11 Å². The first-order valence-electron chi connectivity index (χ1n) is 7.43. The van der Waals surface area contributed by atoms with Gasteiger partial charge in [-0.15, -0.1) is 0 Å². The number of unbranched alkanes of at least 4 members (excludes halogenated alkanes) is 2. The lowest BCUT2D eigenvalue weighted by Crippen LogP contribution is -2.20. The van der Waals surface area contributed by atoms with Crippen molar-refractivity contribution in [2.24, 2.45) is 5.41 Å². The molecule has 0 saturated carbocycles. The van der Waals surface area contributed by atoms with Crippen molar-refractivity contribution in [3.8, 4) is 0 Å². The molecule has 0 amide bonds. The van der Waals surface area contributed by atoms with Crippen molar-refractivity contribution >= 4 is 0 Å². The second-order valence-electron chi connectivity index (χ2n) is 6.45. The Kier molecular flexibility index (Phi) is 6.14. The van der Waals surface area contributed by atoms with Crippen LogP contribution in [0.3, 0.4) is 0 Å². The first-order chi connectivity index (χ1) is 8.47. The normalized spacial score (nSPS) is 20.4. The quantitative estimate of drug-likeness (QED) is 0.519. The molecule has 0 fully saturated rings. The second kappa shape index (κ2) is 7.13. The predicted octanol–water partition coefficient (Wildman–Crippen LogP) is 5.01. The molecule has 1 heteroatoms. The van der Waals surface area contributed by atoms with Gasteiger partial charge in [-0.1, -0.05) is 36.6 Å². The van der Waals surface area contributed by atoms with Gasteiger partial charge in [-0.3, -0.25) is 0 Å². The van der Waals surface area contributed by atoms with Gasteiger partial charge in [0.05, 0.1) is 6.61 Å². The number of aliphatic hydroxyl groups is 1. The van der Waals surface area contributed by atoms with Crippen molar-refractivity contribution in [1.29, 1.82) is 0 Å². The summed E-state index contributed by atoms with van der Waals surface area (Å²) in [6.07, 6.45) is 11.1. The zero-order valence-electron chi connectivity index (χ0n) is 12.7. The molecule has 0 aromatic carbocycles. The van der Waals surface area contributed by atoms with Crippen molar-refractivity contribution in [1.82, 2.24) is 0 Å². The molecule has 1 rings (SSSR count). The van der Waals surface area contributed by atoms with Crippen molar-refractivity contribution in [2.75, 3.05) is 6.61 Å². The molecular formula is C17H30O. The first kappa shape index (κ1) is 15.5. The molecule has 0 heterocycles. The van der Waals surface area contributed by atoms with Gasteiger partial charge in [0.25, 0.3) is 0 Å². The van der Waals surface area contributed by atoms with Crippen LogP contribution in [0.2, 0.25) is 0 Å². The lowest BCUT2D eigenvalue weighted by atomic mass is 9.71. The van der Waals surface area contributed by atoms with E-state index >= 15 is 0 Å². The number of hydrogen-bond donors (Lipinski definition) is 1. The zero-order valence-corrected chi connectivity index (χ0v) is 12.7. The van der Waals surface area contributed by atoms with Gasteiger partial charge in [0.2, 0.25) is 0 Å². The van der Waals surface area contributed by atoms with Gasteiger partial charge in [-0.05, 0) is 64.2 Å². The highest BCUT2D eigenvalue weighted by atomic mass is 16.3. The summed E-state index contributed by atoms with van der Waals surface area (Å²) in [5.74, 6) is 0.